The van der Waals surface area contributed by atoms with Gasteiger partial charge in [-0.15, -0.1) is 0 Å². The molecule has 1 aliphatic rings. The highest BCUT2D eigenvalue weighted by Crippen LogP contribution is 2.36. The number of benzene rings is 2. The Hall–Kier alpha value is -3.05. The highest BCUT2D eigenvalue weighted by molar-refractivity contribution is 6.01. The first kappa shape index (κ1) is 23.6. The molecular formula is C22H26O10. The maximum atomic E-state index is 12.5. The molecule has 0 amide bonds. The molecule has 0 radical (unpaired) electrons. The number of aryl methyl sites for hydroxylation is 1. The highest BCUT2D eigenvalue weighted by atomic mass is 16.5. The molecule has 32 heavy (non-hydrogen) atoms. The average molecular weight is 450 g/mol. The zero-order valence-electron chi connectivity index (χ0n) is 17.0. The fourth-order valence-corrected chi connectivity index (χ4v) is 3.80. The lowest BCUT2D eigenvalue weighted by molar-refractivity contribution is -0.157. The summed E-state index contributed by atoms with van der Waals surface area (Å²) >= 11 is 0. The summed E-state index contributed by atoms with van der Waals surface area (Å²) in [6.07, 6.45) is -5.29. The summed E-state index contributed by atoms with van der Waals surface area (Å²) in [6, 6.07) is 6.28. The maximum Gasteiger partial charge on any atom is 0.170 e. The van der Waals surface area contributed by atoms with Crippen LogP contribution in [0.3, 0.4) is 0 Å². The lowest BCUT2D eigenvalue weighted by Gasteiger charge is -2.39. The van der Waals surface area contributed by atoms with Crippen LogP contribution >= 0.6 is 0 Å². The summed E-state index contributed by atoms with van der Waals surface area (Å²) in [7, 11) is 0. The normalized spacial score (nSPS) is 25.4. The Morgan fingerprint density at radius 2 is 1.53 bits per heavy atom. The zero-order valence-corrected chi connectivity index (χ0v) is 17.0. The number of phenolic OH excluding ortho intramolecular Hbond substituents is 4. The fourth-order valence-electron chi connectivity index (χ4n) is 3.80. The van der Waals surface area contributed by atoms with Crippen molar-refractivity contribution in [2.24, 2.45) is 5.92 Å². The minimum absolute atomic E-state index is 0.0115. The molecule has 0 spiro atoms. The van der Waals surface area contributed by atoms with Crippen molar-refractivity contribution in [3.63, 3.8) is 0 Å². The summed E-state index contributed by atoms with van der Waals surface area (Å²) in [5.41, 5.74) is 0.242. The molecule has 2 aromatic carbocycles. The third-order valence-electron chi connectivity index (χ3n) is 5.65. The highest BCUT2D eigenvalue weighted by Gasteiger charge is 2.43. The van der Waals surface area contributed by atoms with Crippen molar-refractivity contribution in [1.82, 2.24) is 0 Å². The summed E-state index contributed by atoms with van der Waals surface area (Å²) in [5.74, 6) is -3.11. The number of aromatic hydroxyl groups is 4. The molecule has 5 atom stereocenters. The molecule has 1 saturated carbocycles. The number of aliphatic hydroxyl groups excluding tert-OH is 4. The van der Waals surface area contributed by atoms with E-state index in [9.17, 15) is 45.6 Å². The van der Waals surface area contributed by atoms with Gasteiger partial charge in [0.15, 0.2) is 17.3 Å². The summed E-state index contributed by atoms with van der Waals surface area (Å²) in [5, 5.41) is 78.7. The van der Waals surface area contributed by atoms with Crippen LogP contribution in [0, 0.1) is 5.92 Å². The van der Waals surface area contributed by atoms with Gasteiger partial charge in [0.1, 0.15) is 41.1 Å². The zero-order chi connectivity index (χ0) is 23.6. The van der Waals surface area contributed by atoms with E-state index in [1.165, 1.54) is 18.2 Å². The number of rotatable bonds is 7. The number of Topliss-reactive ketones (excluding diaryl/α,β-unsaturated/α-hetero) is 1. The number of hydrogen-bond acceptors (Lipinski definition) is 10. The van der Waals surface area contributed by atoms with E-state index in [-0.39, 0.29) is 42.1 Å². The number of carbonyl (C=O) groups excluding carboxylic acids is 1. The van der Waals surface area contributed by atoms with E-state index < -0.39 is 54.2 Å². The molecule has 0 aromatic heterocycles. The molecule has 0 bridgehead atoms. The van der Waals surface area contributed by atoms with Crippen LogP contribution in [0.5, 0.6) is 28.7 Å². The topological polar surface area (TPSA) is 188 Å². The number of aliphatic hydroxyl groups is 4. The van der Waals surface area contributed by atoms with Crippen LogP contribution in [0.4, 0.5) is 0 Å². The van der Waals surface area contributed by atoms with Crippen molar-refractivity contribution in [2.75, 3.05) is 6.61 Å². The van der Waals surface area contributed by atoms with Gasteiger partial charge in [0, 0.05) is 31.1 Å². The second-order valence-electron chi connectivity index (χ2n) is 7.89. The Balaban J connectivity index is 1.71. The average Bonchev–Trinajstić information content (AvgIpc) is 2.74. The Kier molecular flexibility index (Phi) is 7.09. The largest absolute Gasteiger partial charge is 0.507 e. The number of carbonyl (C=O) groups is 1. The molecule has 0 heterocycles. The van der Waals surface area contributed by atoms with E-state index in [2.05, 4.69) is 0 Å². The summed E-state index contributed by atoms with van der Waals surface area (Å²) in [4.78, 5) is 12.5. The molecule has 10 nitrogen and oxygen atoms in total. The first-order valence-electron chi connectivity index (χ1n) is 10.0. The molecule has 0 saturated heterocycles. The van der Waals surface area contributed by atoms with Gasteiger partial charge in [-0.1, -0.05) is 6.07 Å². The fraction of sp³-hybridized carbons (Fsp3) is 0.409. The Bertz CT molecular complexity index is 950. The SMILES string of the molecule is O=C(CCc1ccc(O)c(O)c1)c1c(O)cc(O[C@@H]2C[C@H](CO)[C@@H](O)[C@H](O)[C@H]2O)cc1O. The van der Waals surface area contributed by atoms with E-state index >= 15 is 0 Å². The standard InChI is InChI=1S/C22H26O10/c23-9-11-6-18(21(30)22(31)20(11)29)32-12-7-16(27)19(17(28)8-12)14(25)4-2-10-1-3-13(24)15(26)5-10/h1,3,5,7-8,11,18,20-24,26-31H,2,4,6,9H2/t11-,18-,20-,21+,22+/m1/s1. The van der Waals surface area contributed by atoms with Crippen LogP contribution in [-0.2, 0) is 6.42 Å². The van der Waals surface area contributed by atoms with Crippen LogP contribution < -0.4 is 4.74 Å². The van der Waals surface area contributed by atoms with Gasteiger partial charge in [0.2, 0.25) is 0 Å². The molecule has 0 unspecified atom stereocenters. The van der Waals surface area contributed by atoms with Gasteiger partial charge in [-0.25, -0.2) is 0 Å². The van der Waals surface area contributed by atoms with Crippen molar-refractivity contribution in [2.45, 2.75) is 43.7 Å². The van der Waals surface area contributed by atoms with E-state index in [0.29, 0.717) is 5.56 Å². The van der Waals surface area contributed by atoms with Crippen molar-refractivity contribution >= 4 is 5.78 Å². The second kappa shape index (κ2) is 9.61. The van der Waals surface area contributed by atoms with Crippen molar-refractivity contribution in [3.05, 3.63) is 41.5 Å². The Morgan fingerprint density at radius 1 is 0.875 bits per heavy atom. The van der Waals surface area contributed by atoms with Gasteiger partial charge in [0.25, 0.3) is 0 Å². The van der Waals surface area contributed by atoms with Gasteiger partial charge in [0.05, 0.1) is 6.10 Å². The second-order valence-corrected chi connectivity index (χ2v) is 7.89. The van der Waals surface area contributed by atoms with E-state index in [4.69, 9.17) is 4.74 Å². The quantitative estimate of drug-likeness (QED) is 0.213. The lowest BCUT2D eigenvalue weighted by atomic mass is 9.81. The maximum absolute atomic E-state index is 12.5. The van der Waals surface area contributed by atoms with Crippen LogP contribution in [0.15, 0.2) is 30.3 Å². The molecule has 2 aromatic rings. The first-order valence-corrected chi connectivity index (χ1v) is 10.0. The number of ketones is 1. The smallest absolute Gasteiger partial charge is 0.170 e. The number of phenols is 4. The predicted molar refractivity (Wildman–Crippen MR) is 110 cm³/mol. The molecule has 174 valence electrons. The molecule has 1 aliphatic carbocycles. The molecule has 10 heteroatoms. The van der Waals surface area contributed by atoms with Crippen molar-refractivity contribution in [1.29, 1.82) is 0 Å². The van der Waals surface area contributed by atoms with Crippen LogP contribution in [0.25, 0.3) is 0 Å². The van der Waals surface area contributed by atoms with Gasteiger partial charge in [-0.05, 0) is 30.5 Å². The number of hydrogen-bond donors (Lipinski definition) is 8. The minimum Gasteiger partial charge on any atom is -0.507 e. The molecule has 3 rings (SSSR count). The van der Waals surface area contributed by atoms with Crippen molar-refractivity contribution < 1.29 is 50.4 Å². The number of ether oxygens (including phenoxy) is 1. The monoisotopic (exact) mass is 450 g/mol. The summed E-state index contributed by atoms with van der Waals surface area (Å²) < 4.78 is 5.55. The van der Waals surface area contributed by atoms with Gasteiger partial charge >= 0.3 is 0 Å². The molecular weight excluding hydrogens is 424 g/mol. The van der Waals surface area contributed by atoms with E-state index in [1.807, 2.05) is 0 Å². The van der Waals surface area contributed by atoms with Gasteiger partial charge in [-0.2, -0.15) is 0 Å². The Labute approximate surface area is 183 Å². The molecule has 8 N–H and O–H groups in total. The first-order chi connectivity index (χ1) is 15.1. The third-order valence-corrected chi connectivity index (χ3v) is 5.65. The third kappa shape index (κ3) is 4.89. The molecule has 1 fully saturated rings. The minimum atomic E-state index is -1.55. The molecule has 0 aliphatic heterocycles. The van der Waals surface area contributed by atoms with Gasteiger partial charge in [-0.3, -0.25) is 4.79 Å². The lowest BCUT2D eigenvalue weighted by Crippen LogP contribution is -2.56. The summed E-state index contributed by atoms with van der Waals surface area (Å²) in [6.45, 7) is -0.437. The van der Waals surface area contributed by atoms with Crippen LogP contribution in [0.1, 0.15) is 28.8 Å². The van der Waals surface area contributed by atoms with Gasteiger partial charge < -0.3 is 45.6 Å². The van der Waals surface area contributed by atoms with Crippen LogP contribution in [0.2, 0.25) is 0 Å². The van der Waals surface area contributed by atoms with Crippen LogP contribution in [-0.4, -0.2) is 77.7 Å². The predicted octanol–water partition coefficient (Wildman–Crippen LogP) is 0.167. The van der Waals surface area contributed by atoms with E-state index in [0.717, 1.165) is 12.1 Å². The Morgan fingerprint density at radius 3 is 2.12 bits per heavy atom. The van der Waals surface area contributed by atoms with Crippen molar-refractivity contribution in [3.8, 4) is 28.7 Å². The van der Waals surface area contributed by atoms with E-state index in [1.54, 1.807) is 0 Å².